The van der Waals surface area contributed by atoms with E-state index in [0.29, 0.717) is 34.6 Å². The summed E-state index contributed by atoms with van der Waals surface area (Å²) in [6.07, 6.45) is 3.25. The Balaban J connectivity index is 1.45. The summed E-state index contributed by atoms with van der Waals surface area (Å²) in [6, 6.07) is 19.0. The van der Waals surface area contributed by atoms with E-state index in [9.17, 15) is 4.79 Å². The molecule has 0 radical (unpaired) electrons. The molecule has 0 aliphatic heterocycles. The lowest BCUT2D eigenvalue weighted by molar-refractivity contribution is -0.111. The van der Waals surface area contributed by atoms with Crippen molar-refractivity contribution in [2.45, 2.75) is 33.9 Å². The Morgan fingerprint density at radius 2 is 1.76 bits per heavy atom. The summed E-state index contributed by atoms with van der Waals surface area (Å²) in [5.41, 5.74) is 5.79. The van der Waals surface area contributed by atoms with E-state index in [4.69, 9.17) is 32.7 Å². The molecule has 0 saturated heterocycles. The normalized spacial score (nSPS) is 11.1. The molecule has 3 aromatic carbocycles. The Bertz CT molecular complexity index is 1470. The Labute approximate surface area is 232 Å². The Morgan fingerprint density at radius 1 is 1.03 bits per heavy atom. The van der Waals surface area contributed by atoms with Gasteiger partial charge < -0.3 is 14.8 Å². The third-order valence-corrected chi connectivity index (χ3v) is 6.82. The van der Waals surface area contributed by atoms with Gasteiger partial charge in [-0.05, 0) is 74.4 Å². The van der Waals surface area contributed by atoms with E-state index in [1.165, 1.54) is 6.08 Å². The molecule has 0 aliphatic carbocycles. The van der Waals surface area contributed by atoms with Crippen molar-refractivity contribution in [1.29, 1.82) is 0 Å². The van der Waals surface area contributed by atoms with E-state index in [2.05, 4.69) is 10.4 Å². The maximum atomic E-state index is 12.8. The third-order valence-electron chi connectivity index (χ3n) is 6.11. The molecule has 6 nitrogen and oxygen atoms in total. The van der Waals surface area contributed by atoms with E-state index in [-0.39, 0.29) is 5.91 Å². The molecule has 4 rings (SSSR count). The number of carbonyl (C=O) groups is 1. The molecule has 1 aromatic heterocycles. The molecule has 8 heteroatoms. The minimum Gasteiger partial charge on any atom is -0.496 e. The Kier molecular flexibility index (Phi) is 8.77. The number of aryl methyl sites for hydroxylation is 2. The summed E-state index contributed by atoms with van der Waals surface area (Å²) in [7, 11) is 1.62. The van der Waals surface area contributed by atoms with Gasteiger partial charge in [0.25, 0.3) is 0 Å². The van der Waals surface area contributed by atoms with Crippen molar-refractivity contribution in [2.75, 3.05) is 12.4 Å². The van der Waals surface area contributed by atoms with E-state index >= 15 is 0 Å². The van der Waals surface area contributed by atoms with Gasteiger partial charge >= 0.3 is 0 Å². The fourth-order valence-electron chi connectivity index (χ4n) is 4.08. The number of nitrogens with zero attached hydrogens (tertiary/aromatic N) is 2. The molecule has 4 aromatic rings. The molecule has 1 amide bonds. The maximum Gasteiger partial charge on any atom is 0.248 e. The van der Waals surface area contributed by atoms with Crippen LogP contribution in [-0.2, 0) is 17.9 Å². The lowest BCUT2D eigenvalue weighted by Gasteiger charge is -2.11. The van der Waals surface area contributed by atoms with Gasteiger partial charge in [-0.2, -0.15) is 5.10 Å². The molecular weight excluding hydrogens is 521 g/mol. The number of carbonyl (C=O) groups excluding carboxylic acids is 1. The highest BCUT2D eigenvalue weighted by atomic mass is 35.5. The van der Waals surface area contributed by atoms with Crippen LogP contribution >= 0.6 is 23.2 Å². The minimum absolute atomic E-state index is 0.264. The molecule has 0 fully saturated rings. The fraction of sp³-hybridized carbons (Fsp3) is 0.200. The summed E-state index contributed by atoms with van der Waals surface area (Å²) in [6.45, 7) is 6.51. The Morgan fingerprint density at radius 3 is 2.47 bits per heavy atom. The molecule has 0 bridgehead atoms. The van der Waals surface area contributed by atoms with Crippen LogP contribution < -0.4 is 14.8 Å². The van der Waals surface area contributed by atoms with Crippen molar-refractivity contribution in [3.05, 3.63) is 110 Å². The van der Waals surface area contributed by atoms with Crippen molar-refractivity contribution >= 4 is 40.9 Å². The number of amides is 1. The molecule has 0 spiro atoms. The van der Waals surface area contributed by atoms with Gasteiger partial charge in [0.15, 0.2) is 0 Å². The van der Waals surface area contributed by atoms with Crippen LogP contribution in [0.3, 0.4) is 0 Å². The summed E-state index contributed by atoms with van der Waals surface area (Å²) in [5, 5.41) is 8.66. The van der Waals surface area contributed by atoms with Crippen LogP contribution in [0.5, 0.6) is 11.5 Å². The molecule has 38 heavy (non-hydrogen) atoms. The molecule has 0 aliphatic rings. The molecular formula is C30H29Cl2N3O3. The van der Waals surface area contributed by atoms with Crippen LogP contribution in [-0.4, -0.2) is 22.8 Å². The first kappa shape index (κ1) is 27.3. The summed E-state index contributed by atoms with van der Waals surface area (Å²) < 4.78 is 13.2. The summed E-state index contributed by atoms with van der Waals surface area (Å²) in [4.78, 5) is 12.8. The third kappa shape index (κ3) is 6.57. The number of benzene rings is 3. The number of nitrogens with one attached hydrogen (secondary N) is 1. The highest BCUT2D eigenvalue weighted by Gasteiger charge is 2.16. The molecule has 1 N–H and O–H groups in total. The van der Waals surface area contributed by atoms with E-state index < -0.39 is 0 Å². The van der Waals surface area contributed by atoms with Crippen LogP contribution in [0.15, 0.2) is 66.7 Å². The first-order valence-corrected chi connectivity index (χ1v) is 12.8. The number of ether oxygens (including phenoxy) is 2. The number of aromatic nitrogens is 2. The summed E-state index contributed by atoms with van der Waals surface area (Å²) in [5.74, 6) is 1.24. The van der Waals surface area contributed by atoms with Gasteiger partial charge in [-0.25, -0.2) is 0 Å². The van der Waals surface area contributed by atoms with Crippen LogP contribution in [0.4, 0.5) is 5.69 Å². The van der Waals surface area contributed by atoms with Crippen molar-refractivity contribution < 1.29 is 14.3 Å². The highest BCUT2D eigenvalue weighted by molar-refractivity contribution is 6.36. The van der Waals surface area contributed by atoms with Crippen LogP contribution in [0.1, 0.15) is 33.6 Å². The van der Waals surface area contributed by atoms with E-state index in [1.54, 1.807) is 36.1 Å². The lowest BCUT2D eigenvalue weighted by Crippen LogP contribution is -2.10. The van der Waals surface area contributed by atoms with E-state index in [0.717, 1.165) is 39.4 Å². The molecule has 0 atom stereocenters. The largest absolute Gasteiger partial charge is 0.496 e. The second-order valence-electron chi connectivity index (χ2n) is 8.90. The zero-order valence-electron chi connectivity index (χ0n) is 21.7. The van der Waals surface area contributed by atoms with E-state index in [1.807, 2.05) is 63.2 Å². The molecule has 0 saturated carbocycles. The van der Waals surface area contributed by atoms with Crippen LogP contribution in [0, 0.1) is 20.8 Å². The molecule has 0 unspecified atom stereocenters. The van der Waals surface area contributed by atoms with Crippen molar-refractivity contribution in [3.63, 3.8) is 0 Å². The topological polar surface area (TPSA) is 65.4 Å². The predicted molar refractivity (Wildman–Crippen MR) is 153 cm³/mol. The van der Waals surface area contributed by atoms with Crippen molar-refractivity contribution in [2.24, 2.45) is 0 Å². The average molecular weight is 550 g/mol. The number of methoxy groups -OCH3 is 1. The van der Waals surface area contributed by atoms with Gasteiger partial charge in [0, 0.05) is 27.2 Å². The Hall–Kier alpha value is -3.74. The van der Waals surface area contributed by atoms with Crippen molar-refractivity contribution in [3.8, 4) is 11.5 Å². The molecule has 196 valence electrons. The number of hydrogen-bond acceptors (Lipinski definition) is 4. The standard InChI is InChI=1S/C30H29Cl2N3O3/c1-19-7-5-8-24(15-19)38-18-23-16-22(11-13-28(23)37-4)12-14-29(36)33-30-20(2)34-35(21(30)3)17-25-26(31)9-6-10-27(25)32/h5-16H,17-18H2,1-4H3,(H,33,36)/b14-12+. The van der Waals surface area contributed by atoms with Gasteiger partial charge in [-0.1, -0.05) is 47.5 Å². The smallest absolute Gasteiger partial charge is 0.248 e. The second kappa shape index (κ2) is 12.2. The fourth-order valence-corrected chi connectivity index (χ4v) is 4.60. The first-order chi connectivity index (χ1) is 18.2. The van der Waals surface area contributed by atoms with Gasteiger partial charge in [-0.15, -0.1) is 0 Å². The number of rotatable bonds is 9. The van der Waals surface area contributed by atoms with Crippen LogP contribution in [0.2, 0.25) is 10.0 Å². The predicted octanol–water partition coefficient (Wildman–Crippen LogP) is 7.40. The molecule has 1 heterocycles. The van der Waals surface area contributed by atoms with Gasteiger partial charge in [0.05, 0.1) is 30.7 Å². The SMILES string of the molecule is COc1ccc(/C=C/C(=O)Nc2c(C)nn(Cc3c(Cl)cccc3Cl)c2C)cc1COc1cccc(C)c1. The quantitative estimate of drug-likeness (QED) is 0.221. The van der Waals surface area contributed by atoms with Gasteiger partial charge in [-0.3, -0.25) is 9.48 Å². The monoisotopic (exact) mass is 549 g/mol. The van der Waals surface area contributed by atoms with Gasteiger partial charge in [0.2, 0.25) is 5.91 Å². The lowest BCUT2D eigenvalue weighted by atomic mass is 10.1. The van der Waals surface area contributed by atoms with Gasteiger partial charge in [0.1, 0.15) is 18.1 Å². The number of anilines is 1. The van der Waals surface area contributed by atoms with Crippen molar-refractivity contribution in [1.82, 2.24) is 9.78 Å². The average Bonchev–Trinajstić information content (AvgIpc) is 3.15. The first-order valence-electron chi connectivity index (χ1n) is 12.1. The highest BCUT2D eigenvalue weighted by Crippen LogP contribution is 2.28. The zero-order valence-corrected chi connectivity index (χ0v) is 23.2. The number of hydrogen-bond donors (Lipinski definition) is 1. The van der Waals surface area contributed by atoms with Crippen LogP contribution in [0.25, 0.3) is 6.08 Å². The zero-order chi connectivity index (χ0) is 27.2. The maximum absolute atomic E-state index is 12.8. The summed E-state index contributed by atoms with van der Waals surface area (Å²) >= 11 is 12.7. The number of halogens is 2. The second-order valence-corrected chi connectivity index (χ2v) is 9.72. The minimum atomic E-state index is -0.264.